The fraction of sp³-hybridized carbons (Fsp3) is 0.562. The van der Waals surface area contributed by atoms with E-state index in [9.17, 15) is 13.2 Å². The maximum atomic E-state index is 12.1. The fourth-order valence-corrected chi connectivity index (χ4v) is 3.94. The average molecular weight is 403 g/mol. The van der Waals surface area contributed by atoms with E-state index < -0.39 is 10.0 Å². The molecule has 0 aromatic heterocycles. The molecule has 5 nitrogen and oxygen atoms in total. The second-order valence-electron chi connectivity index (χ2n) is 5.75. The lowest BCUT2D eigenvalue weighted by Crippen LogP contribution is -2.27. The van der Waals surface area contributed by atoms with Gasteiger partial charge in [0.25, 0.3) is 0 Å². The fourth-order valence-electron chi connectivity index (χ4n) is 2.61. The van der Waals surface area contributed by atoms with Crippen LogP contribution < -0.4 is 4.72 Å². The van der Waals surface area contributed by atoms with Gasteiger partial charge in [0.05, 0.1) is 4.90 Å². The molecule has 0 unspecified atom stereocenters. The third-order valence-corrected chi connectivity index (χ3v) is 5.95. The zero-order valence-electron chi connectivity index (χ0n) is 13.1. The molecule has 2 rings (SSSR count). The summed E-state index contributed by atoms with van der Waals surface area (Å²) < 4.78 is 27.6. The molecule has 7 heteroatoms. The van der Waals surface area contributed by atoms with Crippen LogP contribution in [0.2, 0.25) is 0 Å². The average Bonchev–Trinajstić information content (AvgIpc) is 3.05. The molecule has 1 aromatic carbocycles. The van der Waals surface area contributed by atoms with Gasteiger partial charge in [-0.05, 0) is 49.9 Å². The molecule has 0 radical (unpaired) electrons. The van der Waals surface area contributed by atoms with Crippen LogP contribution in [0.15, 0.2) is 33.6 Å². The molecular weight excluding hydrogens is 380 g/mol. The van der Waals surface area contributed by atoms with Gasteiger partial charge in [0.1, 0.15) is 0 Å². The Bertz CT molecular complexity index is 611. The molecule has 1 amide bonds. The zero-order valence-corrected chi connectivity index (χ0v) is 15.5. The Morgan fingerprint density at radius 1 is 1.09 bits per heavy atom. The van der Waals surface area contributed by atoms with Crippen LogP contribution in [0.4, 0.5) is 0 Å². The SMILES string of the molecule is O=C(CCCCCNS(=O)(=O)c1ccc(Br)cc1)N1CCCC1. The number of hydrogen-bond acceptors (Lipinski definition) is 3. The van der Waals surface area contributed by atoms with Crippen molar-refractivity contribution in [3.05, 3.63) is 28.7 Å². The number of rotatable bonds is 8. The molecule has 23 heavy (non-hydrogen) atoms. The van der Waals surface area contributed by atoms with Crippen molar-refractivity contribution in [1.29, 1.82) is 0 Å². The number of unbranched alkanes of at least 4 members (excludes halogenated alkanes) is 2. The van der Waals surface area contributed by atoms with E-state index in [1.807, 2.05) is 4.90 Å². The van der Waals surface area contributed by atoms with Gasteiger partial charge in [-0.1, -0.05) is 22.4 Å². The number of sulfonamides is 1. The van der Waals surface area contributed by atoms with Gasteiger partial charge in [-0.2, -0.15) is 0 Å². The predicted molar refractivity (Wildman–Crippen MR) is 93.6 cm³/mol. The molecule has 1 N–H and O–H groups in total. The number of nitrogens with one attached hydrogen (secondary N) is 1. The molecule has 1 aromatic rings. The largest absolute Gasteiger partial charge is 0.343 e. The lowest BCUT2D eigenvalue weighted by molar-refractivity contribution is -0.130. The third kappa shape index (κ3) is 5.90. The van der Waals surface area contributed by atoms with Crippen molar-refractivity contribution in [1.82, 2.24) is 9.62 Å². The number of halogens is 1. The van der Waals surface area contributed by atoms with Gasteiger partial charge in [0, 0.05) is 30.5 Å². The first-order valence-corrected chi connectivity index (χ1v) is 10.3. The second kappa shape index (κ2) is 8.80. The van der Waals surface area contributed by atoms with Gasteiger partial charge in [0.15, 0.2) is 0 Å². The lowest BCUT2D eigenvalue weighted by atomic mass is 10.2. The van der Waals surface area contributed by atoms with Crippen LogP contribution in [0, 0.1) is 0 Å². The molecule has 0 saturated carbocycles. The van der Waals surface area contributed by atoms with Gasteiger partial charge in [-0.15, -0.1) is 0 Å². The Morgan fingerprint density at radius 3 is 2.39 bits per heavy atom. The van der Waals surface area contributed by atoms with Gasteiger partial charge in [-0.25, -0.2) is 13.1 Å². The molecule has 0 spiro atoms. The third-order valence-electron chi connectivity index (χ3n) is 3.94. The van der Waals surface area contributed by atoms with E-state index in [0.717, 1.165) is 49.7 Å². The summed E-state index contributed by atoms with van der Waals surface area (Å²) in [6.07, 6.45) is 5.20. The summed E-state index contributed by atoms with van der Waals surface area (Å²) in [7, 11) is -3.44. The van der Waals surface area contributed by atoms with Crippen LogP contribution in [0.3, 0.4) is 0 Å². The molecular formula is C16H23BrN2O3S. The predicted octanol–water partition coefficient (Wildman–Crippen LogP) is 2.91. The van der Waals surface area contributed by atoms with Crippen molar-refractivity contribution in [2.75, 3.05) is 19.6 Å². The Morgan fingerprint density at radius 2 is 1.74 bits per heavy atom. The van der Waals surface area contributed by atoms with Crippen LogP contribution in [0.1, 0.15) is 38.5 Å². The summed E-state index contributed by atoms with van der Waals surface area (Å²) in [6, 6.07) is 6.55. The molecule has 0 aliphatic carbocycles. The first kappa shape index (κ1) is 18.4. The Balaban J connectivity index is 1.63. The molecule has 1 heterocycles. The Kier molecular flexibility index (Phi) is 7.05. The highest BCUT2D eigenvalue weighted by atomic mass is 79.9. The van der Waals surface area contributed by atoms with Crippen molar-refractivity contribution in [2.45, 2.75) is 43.4 Å². The van der Waals surface area contributed by atoms with Crippen LogP contribution in [0.5, 0.6) is 0 Å². The van der Waals surface area contributed by atoms with E-state index in [1.54, 1.807) is 24.3 Å². The number of amides is 1. The van der Waals surface area contributed by atoms with Crippen molar-refractivity contribution in [2.24, 2.45) is 0 Å². The van der Waals surface area contributed by atoms with E-state index in [4.69, 9.17) is 0 Å². The smallest absolute Gasteiger partial charge is 0.240 e. The van der Waals surface area contributed by atoms with Crippen LogP contribution in [0.25, 0.3) is 0 Å². The summed E-state index contributed by atoms with van der Waals surface area (Å²) in [5.74, 6) is 0.234. The summed E-state index contributed by atoms with van der Waals surface area (Å²) in [4.78, 5) is 14.1. The van der Waals surface area contributed by atoms with Crippen LogP contribution >= 0.6 is 15.9 Å². The maximum Gasteiger partial charge on any atom is 0.240 e. The van der Waals surface area contributed by atoms with E-state index in [-0.39, 0.29) is 10.8 Å². The number of nitrogens with zero attached hydrogens (tertiary/aromatic N) is 1. The minimum Gasteiger partial charge on any atom is -0.343 e. The molecule has 128 valence electrons. The zero-order chi connectivity index (χ0) is 16.7. The first-order chi connectivity index (χ1) is 11.0. The van der Waals surface area contributed by atoms with Crippen molar-refractivity contribution in [3.63, 3.8) is 0 Å². The van der Waals surface area contributed by atoms with E-state index >= 15 is 0 Å². The monoisotopic (exact) mass is 402 g/mol. The minimum absolute atomic E-state index is 0.234. The van der Waals surface area contributed by atoms with E-state index in [1.165, 1.54) is 0 Å². The number of hydrogen-bond donors (Lipinski definition) is 1. The highest BCUT2D eigenvalue weighted by molar-refractivity contribution is 9.10. The first-order valence-electron chi connectivity index (χ1n) is 8.02. The summed E-state index contributed by atoms with van der Waals surface area (Å²) in [5.41, 5.74) is 0. The molecule has 1 saturated heterocycles. The summed E-state index contributed by atoms with van der Waals surface area (Å²) >= 11 is 3.28. The van der Waals surface area contributed by atoms with Crippen molar-refractivity contribution >= 4 is 31.9 Å². The number of likely N-dealkylation sites (tertiary alicyclic amines) is 1. The highest BCUT2D eigenvalue weighted by Gasteiger charge is 2.17. The summed E-state index contributed by atoms with van der Waals surface area (Å²) in [5, 5.41) is 0. The number of carbonyl (C=O) groups is 1. The van der Waals surface area contributed by atoms with E-state index in [0.29, 0.717) is 13.0 Å². The Labute approximate surface area is 146 Å². The second-order valence-corrected chi connectivity index (χ2v) is 8.43. The normalized spacial score (nSPS) is 15.1. The molecule has 0 atom stereocenters. The standard InChI is InChI=1S/C16H23BrN2O3S/c17-14-7-9-15(10-8-14)23(21,22)18-11-3-1-2-6-16(20)19-12-4-5-13-19/h7-10,18H,1-6,11-13H2. The minimum atomic E-state index is -3.44. The van der Waals surface area contributed by atoms with Gasteiger partial charge >= 0.3 is 0 Å². The molecule has 0 bridgehead atoms. The van der Waals surface area contributed by atoms with Gasteiger partial charge < -0.3 is 4.90 Å². The summed E-state index contributed by atoms with van der Waals surface area (Å²) in [6.45, 7) is 2.19. The quantitative estimate of drug-likeness (QED) is 0.679. The van der Waals surface area contributed by atoms with Gasteiger partial charge in [0.2, 0.25) is 15.9 Å². The maximum absolute atomic E-state index is 12.1. The van der Waals surface area contributed by atoms with Crippen molar-refractivity contribution in [3.8, 4) is 0 Å². The highest BCUT2D eigenvalue weighted by Crippen LogP contribution is 2.15. The number of benzene rings is 1. The lowest BCUT2D eigenvalue weighted by Gasteiger charge is -2.14. The molecule has 1 fully saturated rings. The number of carbonyl (C=O) groups excluding carboxylic acids is 1. The van der Waals surface area contributed by atoms with Gasteiger partial charge in [-0.3, -0.25) is 4.79 Å². The Hall–Kier alpha value is -0.920. The topological polar surface area (TPSA) is 66.5 Å². The molecule has 1 aliphatic rings. The van der Waals surface area contributed by atoms with Crippen LogP contribution in [-0.2, 0) is 14.8 Å². The van der Waals surface area contributed by atoms with Crippen LogP contribution in [-0.4, -0.2) is 38.9 Å². The molecule has 1 aliphatic heterocycles. The van der Waals surface area contributed by atoms with Crippen molar-refractivity contribution < 1.29 is 13.2 Å². The van der Waals surface area contributed by atoms with E-state index in [2.05, 4.69) is 20.7 Å².